The molecule has 1 heterocycles. The number of sulfonamides is 1. The van der Waals surface area contributed by atoms with Gasteiger partial charge in [0.1, 0.15) is 11.4 Å². The van der Waals surface area contributed by atoms with Gasteiger partial charge < -0.3 is 5.21 Å². The molecule has 1 rings (SSSR count). The molecule has 0 amide bonds. The van der Waals surface area contributed by atoms with E-state index in [2.05, 4.69) is 0 Å². The lowest BCUT2D eigenvalue weighted by Gasteiger charge is -2.34. The maximum atomic E-state index is 11.7. The molecule has 0 aliphatic carbocycles. The van der Waals surface area contributed by atoms with E-state index in [-0.39, 0.29) is 11.9 Å². The number of hydroxylamine groups is 1. The van der Waals surface area contributed by atoms with Gasteiger partial charge in [-0.1, -0.05) is 13.8 Å². The molecule has 0 aromatic rings. The molecule has 14 heavy (non-hydrogen) atoms. The molecule has 0 radical (unpaired) electrons. The zero-order valence-electron chi connectivity index (χ0n) is 8.21. The van der Waals surface area contributed by atoms with Crippen LogP contribution in [0, 0.1) is 11.1 Å². The molecular formula is C6H13ClN3O3S-. The standard InChI is InChI=1S/C6H13ClN3O3S/c1-5(2)6-10(11)8(3)9(4-7)14(6,12)13/h5-6H,4H2,1-3H3/q-1. The van der Waals surface area contributed by atoms with E-state index in [9.17, 15) is 13.6 Å². The van der Waals surface area contributed by atoms with E-state index in [1.807, 2.05) is 0 Å². The van der Waals surface area contributed by atoms with Gasteiger partial charge >= 0.3 is 0 Å². The number of halogens is 1. The number of hydrazine groups is 2. The largest absolute Gasteiger partial charge is 0.769 e. The van der Waals surface area contributed by atoms with Gasteiger partial charge in [0.25, 0.3) is 0 Å². The molecule has 0 saturated carbocycles. The normalized spacial score (nSPS) is 30.3. The molecular weight excluding hydrogens is 230 g/mol. The monoisotopic (exact) mass is 242 g/mol. The first kappa shape index (κ1) is 12.2. The zero-order chi connectivity index (χ0) is 11.1. The molecule has 0 spiro atoms. The topological polar surface area (TPSA) is 66.9 Å². The third-order valence-electron chi connectivity index (χ3n) is 2.10. The summed E-state index contributed by atoms with van der Waals surface area (Å²) in [7, 11) is -2.26. The molecule has 0 N–H and O–H groups in total. The molecule has 0 aromatic carbocycles. The Hall–Kier alpha value is 0.0800. The Morgan fingerprint density at radius 1 is 1.50 bits per heavy atom. The highest BCUT2D eigenvalue weighted by atomic mass is 35.5. The first-order valence-electron chi connectivity index (χ1n) is 4.11. The van der Waals surface area contributed by atoms with E-state index in [1.54, 1.807) is 13.8 Å². The third-order valence-corrected chi connectivity index (χ3v) is 4.75. The molecule has 84 valence electrons. The van der Waals surface area contributed by atoms with Crippen LogP contribution in [0.2, 0.25) is 0 Å². The van der Waals surface area contributed by atoms with Crippen LogP contribution in [0.5, 0.6) is 0 Å². The maximum Gasteiger partial charge on any atom is 0.246 e. The molecule has 1 unspecified atom stereocenters. The Labute approximate surface area is 88.6 Å². The Morgan fingerprint density at radius 2 is 2.00 bits per heavy atom. The average Bonchev–Trinajstić information content (AvgIpc) is 2.18. The minimum atomic E-state index is -3.63. The SMILES string of the molecule is CC(C)C1N([O-])N(C)N(CCl)S1(=O)=O. The predicted octanol–water partition coefficient (Wildman–Crippen LogP) is 0.372. The summed E-state index contributed by atoms with van der Waals surface area (Å²) in [6.45, 7) is 3.36. The highest BCUT2D eigenvalue weighted by Gasteiger charge is 2.45. The van der Waals surface area contributed by atoms with Crippen molar-refractivity contribution in [3.05, 3.63) is 5.21 Å². The van der Waals surface area contributed by atoms with Crippen molar-refractivity contribution >= 4 is 21.6 Å². The van der Waals surface area contributed by atoms with Crippen LogP contribution in [-0.2, 0) is 10.0 Å². The summed E-state index contributed by atoms with van der Waals surface area (Å²) in [5.74, 6) is -0.284. The van der Waals surface area contributed by atoms with E-state index < -0.39 is 15.4 Å². The quantitative estimate of drug-likeness (QED) is 0.517. The predicted molar refractivity (Wildman–Crippen MR) is 53.1 cm³/mol. The number of hydrogen-bond donors (Lipinski definition) is 0. The number of hydrogen-bond acceptors (Lipinski definition) is 5. The lowest BCUT2D eigenvalue weighted by molar-refractivity contribution is -0.0569. The minimum absolute atomic E-state index is 0.249. The van der Waals surface area contributed by atoms with Gasteiger partial charge in [-0.05, 0) is 5.92 Å². The lowest BCUT2D eigenvalue weighted by atomic mass is 10.2. The van der Waals surface area contributed by atoms with Crippen LogP contribution in [0.15, 0.2) is 0 Å². The Balaban J connectivity index is 3.11. The third kappa shape index (κ3) is 1.64. The van der Waals surface area contributed by atoms with E-state index in [1.165, 1.54) is 7.05 Å². The van der Waals surface area contributed by atoms with Gasteiger partial charge in [-0.15, -0.1) is 16.0 Å². The number of rotatable bonds is 2. The van der Waals surface area contributed by atoms with Crippen molar-refractivity contribution in [2.24, 2.45) is 5.92 Å². The van der Waals surface area contributed by atoms with Crippen molar-refractivity contribution in [3.8, 4) is 0 Å². The summed E-state index contributed by atoms with van der Waals surface area (Å²) in [4.78, 5) is 0. The molecule has 6 nitrogen and oxygen atoms in total. The fraction of sp³-hybridized carbons (Fsp3) is 1.00. The van der Waals surface area contributed by atoms with Gasteiger partial charge in [-0.25, -0.2) is 8.42 Å². The molecule has 0 bridgehead atoms. The van der Waals surface area contributed by atoms with Gasteiger partial charge in [0.15, 0.2) is 0 Å². The van der Waals surface area contributed by atoms with Gasteiger partial charge in [0, 0.05) is 7.05 Å². The highest BCUT2D eigenvalue weighted by Crippen LogP contribution is 2.29. The lowest BCUT2D eigenvalue weighted by Crippen LogP contribution is -2.40. The fourth-order valence-corrected chi connectivity index (χ4v) is 3.81. The molecule has 1 atom stereocenters. The summed E-state index contributed by atoms with van der Waals surface area (Å²) in [6.07, 6.45) is 0. The fourth-order valence-electron chi connectivity index (χ4n) is 1.41. The smallest absolute Gasteiger partial charge is 0.246 e. The van der Waals surface area contributed by atoms with E-state index in [4.69, 9.17) is 11.6 Å². The molecule has 1 aliphatic rings. The summed E-state index contributed by atoms with van der Waals surface area (Å²) in [5, 5.41) is 11.8. The van der Waals surface area contributed by atoms with Crippen molar-refractivity contribution in [2.75, 3.05) is 13.1 Å². The van der Waals surface area contributed by atoms with Crippen LogP contribution in [0.1, 0.15) is 13.8 Å². The van der Waals surface area contributed by atoms with Crippen LogP contribution >= 0.6 is 11.6 Å². The van der Waals surface area contributed by atoms with E-state index in [0.717, 1.165) is 9.53 Å². The Morgan fingerprint density at radius 3 is 2.21 bits per heavy atom. The van der Waals surface area contributed by atoms with Crippen LogP contribution < -0.4 is 0 Å². The highest BCUT2D eigenvalue weighted by molar-refractivity contribution is 7.89. The van der Waals surface area contributed by atoms with Crippen molar-refractivity contribution in [3.63, 3.8) is 0 Å². The molecule has 1 fully saturated rings. The maximum absolute atomic E-state index is 11.7. The molecule has 8 heteroatoms. The first-order chi connectivity index (χ1) is 6.34. The Kier molecular flexibility index (Phi) is 3.40. The average molecular weight is 243 g/mol. The molecule has 0 aromatic heterocycles. The van der Waals surface area contributed by atoms with Gasteiger partial charge in [-0.3, -0.25) is 5.17 Å². The molecule has 1 saturated heterocycles. The second kappa shape index (κ2) is 3.92. The second-order valence-electron chi connectivity index (χ2n) is 3.41. The van der Waals surface area contributed by atoms with Crippen LogP contribution in [0.25, 0.3) is 0 Å². The number of alkyl halides is 1. The molecule has 1 aliphatic heterocycles. The Bertz CT molecular complexity index is 307. The second-order valence-corrected chi connectivity index (χ2v) is 5.59. The van der Waals surface area contributed by atoms with Gasteiger partial charge in [0.2, 0.25) is 10.0 Å². The van der Waals surface area contributed by atoms with E-state index in [0.29, 0.717) is 5.17 Å². The summed E-state index contributed by atoms with van der Waals surface area (Å²) in [5.41, 5.74) is 0. The van der Waals surface area contributed by atoms with Crippen molar-refractivity contribution in [1.82, 2.24) is 14.7 Å². The van der Waals surface area contributed by atoms with Crippen molar-refractivity contribution in [1.29, 1.82) is 0 Å². The van der Waals surface area contributed by atoms with Crippen molar-refractivity contribution < 1.29 is 8.42 Å². The van der Waals surface area contributed by atoms with E-state index >= 15 is 0 Å². The van der Waals surface area contributed by atoms with Crippen molar-refractivity contribution in [2.45, 2.75) is 19.2 Å². The summed E-state index contributed by atoms with van der Waals surface area (Å²) >= 11 is 5.46. The van der Waals surface area contributed by atoms with Crippen LogP contribution in [0.4, 0.5) is 0 Å². The minimum Gasteiger partial charge on any atom is -0.769 e. The summed E-state index contributed by atoms with van der Waals surface area (Å²) < 4.78 is 24.3. The van der Waals surface area contributed by atoms with Crippen LogP contribution in [0.3, 0.4) is 0 Å². The van der Waals surface area contributed by atoms with Gasteiger partial charge in [-0.2, -0.15) is 5.12 Å². The van der Waals surface area contributed by atoms with Gasteiger partial charge in [0.05, 0.1) is 0 Å². The zero-order valence-corrected chi connectivity index (χ0v) is 9.79. The van der Waals surface area contributed by atoms with Crippen LogP contribution in [-0.4, -0.2) is 41.5 Å². The number of nitrogens with zero attached hydrogens (tertiary/aromatic N) is 3. The summed E-state index contributed by atoms with van der Waals surface area (Å²) in [6, 6.07) is -0.249. The first-order valence-corrected chi connectivity index (χ1v) is 6.15.